The topological polar surface area (TPSA) is 51.0 Å². The van der Waals surface area contributed by atoms with Crippen LogP contribution in [0, 0.1) is 0 Å². The first-order valence-corrected chi connectivity index (χ1v) is 7.02. The Morgan fingerprint density at radius 1 is 1.50 bits per heavy atom. The third-order valence-corrected chi connectivity index (χ3v) is 4.03. The number of hydrogen-bond acceptors (Lipinski definition) is 5. The summed E-state index contributed by atoms with van der Waals surface area (Å²) < 4.78 is 5.37. The molecule has 0 radical (unpaired) electrons. The van der Waals surface area contributed by atoms with Crippen molar-refractivity contribution in [2.45, 2.75) is 38.6 Å². The average molecular weight is 241 g/mol. The molecule has 1 aliphatic heterocycles. The molecule has 2 heterocycles. The van der Waals surface area contributed by atoms with Crippen LogP contribution in [0.4, 0.5) is 0 Å². The maximum atomic E-state index is 5.37. The highest BCUT2D eigenvalue weighted by Gasteiger charge is 2.33. The van der Waals surface area contributed by atoms with Crippen LogP contribution >= 0.6 is 11.8 Å². The van der Waals surface area contributed by atoms with Crippen LogP contribution in [0.3, 0.4) is 0 Å². The van der Waals surface area contributed by atoms with Gasteiger partial charge in [0.1, 0.15) is 0 Å². The first-order chi connectivity index (χ1) is 7.72. The lowest BCUT2D eigenvalue weighted by atomic mass is 10.0. The molecule has 1 N–H and O–H groups in total. The number of hydrogen-bond donors (Lipinski definition) is 1. The second-order valence-electron chi connectivity index (χ2n) is 4.45. The van der Waals surface area contributed by atoms with Crippen molar-refractivity contribution in [1.29, 1.82) is 0 Å². The molecule has 0 aromatic carbocycles. The zero-order valence-corrected chi connectivity index (χ0v) is 10.9. The molecule has 1 aliphatic rings. The summed E-state index contributed by atoms with van der Waals surface area (Å²) in [5.41, 5.74) is 0. The summed E-state index contributed by atoms with van der Waals surface area (Å²) in [6, 6.07) is 0.482. The largest absolute Gasteiger partial charge is 0.339 e. The highest BCUT2D eigenvalue weighted by Crippen LogP contribution is 2.32. The van der Waals surface area contributed by atoms with E-state index in [-0.39, 0.29) is 0 Å². The van der Waals surface area contributed by atoms with Crippen LogP contribution in [0.2, 0.25) is 0 Å². The predicted octanol–water partition coefficient (Wildman–Crippen LogP) is 2.00. The molecule has 1 saturated heterocycles. The van der Waals surface area contributed by atoms with Crippen molar-refractivity contribution >= 4 is 11.8 Å². The molecule has 0 saturated carbocycles. The zero-order chi connectivity index (χ0) is 11.5. The summed E-state index contributed by atoms with van der Waals surface area (Å²) in [5.74, 6) is 4.56. The summed E-state index contributed by atoms with van der Waals surface area (Å²) in [5, 5.41) is 7.51. The van der Waals surface area contributed by atoms with E-state index in [4.69, 9.17) is 4.52 Å². The lowest BCUT2D eigenvalue weighted by Crippen LogP contribution is -2.34. The number of aromatic nitrogens is 2. The van der Waals surface area contributed by atoms with E-state index in [9.17, 15) is 0 Å². The van der Waals surface area contributed by atoms with Crippen LogP contribution < -0.4 is 5.32 Å². The number of nitrogens with zero attached hydrogens (tertiary/aromatic N) is 2. The number of thioether (sulfide) groups is 1. The van der Waals surface area contributed by atoms with Gasteiger partial charge in [-0.2, -0.15) is 16.7 Å². The van der Waals surface area contributed by atoms with E-state index in [0.29, 0.717) is 17.9 Å². The minimum atomic E-state index is 0.337. The number of likely N-dealkylation sites (N-methyl/N-ethyl adjacent to an activating group) is 1. The van der Waals surface area contributed by atoms with E-state index >= 15 is 0 Å². The Morgan fingerprint density at radius 3 is 2.94 bits per heavy atom. The van der Waals surface area contributed by atoms with Crippen LogP contribution in [0.5, 0.6) is 0 Å². The summed E-state index contributed by atoms with van der Waals surface area (Å²) >= 11 is 1.95. The van der Waals surface area contributed by atoms with Gasteiger partial charge in [0.05, 0.1) is 5.92 Å². The zero-order valence-electron chi connectivity index (χ0n) is 10.1. The molecule has 90 valence electrons. The molecular weight excluding hydrogens is 222 g/mol. The predicted molar refractivity (Wildman–Crippen MR) is 65.9 cm³/mol. The molecule has 0 bridgehead atoms. The highest BCUT2D eigenvalue weighted by molar-refractivity contribution is 7.99. The molecular formula is C11H19N3OS. The monoisotopic (exact) mass is 241 g/mol. The van der Waals surface area contributed by atoms with Crippen LogP contribution in [0.25, 0.3) is 0 Å². The van der Waals surface area contributed by atoms with Crippen molar-refractivity contribution in [3.8, 4) is 0 Å². The fourth-order valence-electron chi connectivity index (χ4n) is 1.89. The van der Waals surface area contributed by atoms with Crippen molar-refractivity contribution in [1.82, 2.24) is 15.5 Å². The van der Waals surface area contributed by atoms with Gasteiger partial charge in [-0.1, -0.05) is 25.9 Å². The van der Waals surface area contributed by atoms with Crippen LogP contribution in [-0.4, -0.2) is 34.2 Å². The average Bonchev–Trinajstić information content (AvgIpc) is 2.84. The Kier molecular flexibility index (Phi) is 3.86. The molecule has 0 amide bonds. The molecule has 5 heteroatoms. The standard InChI is InChI=1S/C11H19N3OS/c1-4-12-9-6-16-5-8(9)11-13-10(7(2)3)14-15-11/h7-9,12H,4-6H2,1-3H3. The fourth-order valence-corrected chi connectivity index (χ4v) is 3.26. The van der Waals surface area contributed by atoms with Gasteiger partial charge < -0.3 is 9.84 Å². The number of nitrogens with one attached hydrogen (secondary N) is 1. The molecule has 0 spiro atoms. The molecule has 2 rings (SSSR count). The smallest absolute Gasteiger partial charge is 0.232 e. The first-order valence-electron chi connectivity index (χ1n) is 5.87. The van der Waals surface area contributed by atoms with Crippen LogP contribution in [-0.2, 0) is 0 Å². The lowest BCUT2D eigenvalue weighted by molar-refractivity contribution is 0.336. The lowest BCUT2D eigenvalue weighted by Gasteiger charge is -2.15. The molecule has 1 aromatic rings. The molecule has 0 aliphatic carbocycles. The van der Waals surface area contributed by atoms with Gasteiger partial charge in [-0.25, -0.2) is 0 Å². The van der Waals surface area contributed by atoms with Crippen molar-refractivity contribution < 1.29 is 4.52 Å². The quantitative estimate of drug-likeness (QED) is 0.873. The highest BCUT2D eigenvalue weighted by atomic mass is 32.2. The first kappa shape index (κ1) is 11.9. The fraction of sp³-hybridized carbons (Fsp3) is 0.818. The normalized spacial score (nSPS) is 25.5. The molecule has 1 fully saturated rings. The van der Waals surface area contributed by atoms with Crippen molar-refractivity contribution in [3.63, 3.8) is 0 Å². The van der Waals surface area contributed by atoms with Crippen molar-refractivity contribution in [2.24, 2.45) is 0 Å². The Morgan fingerprint density at radius 2 is 2.31 bits per heavy atom. The van der Waals surface area contributed by atoms with Crippen LogP contribution in [0.1, 0.15) is 44.3 Å². The summed E-state index contributed by atoms with van der Waals surface area (Å²) in [4.78, 5) is 4.49. The Balaban J connectivity index is 2.10. The summed E-state index contributed by atoms with van der Waals surface area (Å²) in [6.07, 6.45) is 0. The van der Waals surface area contributed by atoms with Gasteiger partial charge in [-0.15, -0.1) is 0 Å². The Labute approximate surface area is 101 Å². The maximum absolute atomic E-state index is 5.37. The van der Waals surface area contributed by atoms with Gasteiger partial charge >= 0.3 is 0 Å². The van der Waals surface area contributed by atoms with Gasteiger partial charge in [0.2, 0.25) is 5.89 Å². The van der Waals surface area contributed by atoms with E-state index in [1.54, 1.807) is 0 Å². The molecule has 16 heavy (non-hydrogen) atoms. The van der Waals surface area contributed by atoms with Crippen molar-refractivity contribution in [3.05, 3.63) is 11.7 Å². The molecule has 1 aromatic heterocycles. The molecule has 2 atom stereocenters. The van der Waals surface area contributed by atoms with E-state index < -0.39 is 0 Å². The van der Waals surface area contributed by atoms with Crippen molar-refractivity contribution in [2.75, 3.05) is 18.1 Å². The van der Waals surface area contributed by atoms with Gasteiger partial charge in [0.25, 0.3) is 0 Å². The SMILES string of the molecule is CCNC1CSCC1c1nc(C(C)C)no1. The van der Waals surface area contributed by atoms with Gasteiger partial charge in [0, 0.05) is 23.5 Å². The maximum Gasteiger partial charge on any atom is 0.232 e. The van der Waals surface area contributed by atoms with Gasteiger partial charge in [-0.3, -0.25) is 0 Å². The Bertz CT molecular complexity index is 340. The third-order valence-electron chi connectivity index (χ3n) is 2.84. The van der Waals surface area contributed by atoms with E-state index in [1.165, 1.54) is 0 Å². The van der Waals surface area contributed by atoms with Gasteiger partial charge in [-0.05, 0) is 6.54 Å². The second kappa shape index (κ2) is 5.19. The summed E-state index contributed by atoms with van der Waals surface area (Å²) in [6.45, 7) is 7.29. The summed E-state index contributed by atoms with van der Waals surface area (Å²) in [7, 11) is 0. The van der Waals surface area contributed by atoms with Gasteiger partial charge in [0.15, 0.2) is 5.82 Å². The molecule has 2 unspecified atom stereocenters. The van der Waals surface area contributed by atoms with E-state index in [0.717, 1.165) is 29.8 Å². The second-order valence-corrected chi connectivity index (χ2v) is 5.53. The minimum Gasteiger partial charge on any atom is -0.339 e. The third kappa shape index (κ3) is 2.40. The molecule has 4 nitrogen and oxygen atoms in total. The van der Waals surface area contributed by atoms with E-state index in [1.807, 2.05) is 11.8 Å². The van der Waals surface area contributed by atoms with Crippen LogP contribution in [0.15, 0.2) is 4.52 Å². The number of rotatable bonds is 4. The Hall–Kier alpha value is -0.550. The minimum absolute atomic E-state index is 0.337. The van der Waals surface area contributed by atoms with E-state index in [2.05, 4.69) is 36.2 Å².